The van der Waals surface area contributed by atoms with Crippen LogP contribution in [-0.2, 0) is 13.1 Å². The smallest absolute Gasteiger partial charge is 0.131 e. The minimum Gasteiger partial charge on any atom is -0.363 e. The molecule has 2 aliphatic rings. The van der Waals surface area contributed by atoms with Gasteiger partial charge in [-0.15, -0.1) is 0 Å². The predicted molar refractivity (Wildman–Crippen MR) is 113 cm³/mol. The molecule has 0 radical (unpaired) electrons. The van der Waals surface area contributed by atoms with Crippen LogP contribution in [-0.4, -0.2) is 18.7 Å². The van der Waals surface area contributed by atoms with Crippen molar-refractivity contribution in [2.45, 2.75) is 58.0 Å². The van der Waals surface area contributed by atoms with Gasteiger partial charge in [0.1, 0.15) is 8.24 Å². The molecular formula is C23H30N2Si. The highest BCUT2D eigenvalue weighted by Gasteiger charge is 2.40. The van der Waals surface area contributed by atoms with E-state index in [2.05, 4.69) is 98.4 Å². The molecule has 1 aliphatic heterocycles. The zero-order chi connectivity index (χ0) is 18.5. The zero-order valence-corrected chi connectivity index (χ0v) is 17.6. The van der Waals surface area contributed by atoms with Crippen LogP contribution in [0.1, 0.15) is 48.6 Å². The second-order valence-corrected chi connectivity index (χ2v) is 13.7. The maximum absolute atomic E-state index is 3.98. The fraction of sp³-hybridized carbons (Fsp3) is 0.391. The number of nitrogens with zero attached hydrogens (tertiary/aromatic N) is 1. The molecule has 2 aromatic carbocycles. The van der Waals surface area contributed by atoms with Crippen molar-refractivity contribution in [1.29, 1.82) is 0 Å². The fourth-order valence-electron chi connectivity index (χ4n) is 4.76. The topological polar surface area (TPSA) is 15.3 Å². The Morgan fingerprint density at radius 1 is 0.923 bits per heavy atom. The first kappa shape index (κ1) is 17.6. The molecule has 2 nitrogen and oxygen atoms in total. The van der Waals surface area contributed by atoms with Crippen molar-refractivity contribution in [1.82, 2.24) is 9.88 Å². The Kier molecular flexibility index (Phi) is 4.12. The number of fused-ring (bicyclic) bond motifs is 2. The third kappa shape index (κ3) is 3.14. The average molecular weight is 363 g/mol. The summed E-state index contributed by atoms with van der Waals surface area (Å²) in [5, 5.41) is 0. The monoisotopic (exact) mass is 362 g/mol. The first-order chi connectivity index (χ1) is 12.2. The summed E-state index contributed by atoms with van der Waals surface area (Å²) in [6.07, 6.45) is 2.56. The van der Waals surface area contributed by atoms with Crippen molar-refractivity contribution in [2.75, 3.05) is 0 Å². The molecule has 0 saturated carbocycles. The Morgan fingerprint density at radius 2 is 1.50 bits per heavy atom. The molecule has 1 unspecified atom stereocenters. The minimum atomic E-state index is -1.68. The highest BCUT2D eigenvalue weighted by atomic mass is 28.3. The van der Waals surface area contributed by atoms with Gasteiger partial charge in [-0.2, -0.15) is 0 Å². The third-order valence-electron chi connectivity index (χ3n) is 5.55. The maximum Gasteiger partial charge on any atom is 0.131 e. The molecule has 1 aliphatic carbocycles. The minimum absolute atomic E-state index is 0.144. The van der Waals surface area contributed by atoms with Gasteiger partial charge >= 0.3 is 0 Å². The normalized spacial score (nSPS) is 19.3. The molecule has 1 atom stereocenters. The molecule has 4 rings (SSSR count). The van der Waals surface area contributed by atoms with E-state index in [4.69, 9.17) is 0 Å². The molecule has 0 amide bonds. The fourth-order valence-corrected chi connectivity index (χ4v) is 8.45. The number of allylic oxidation sites excluding steroid dienone is 1. The molecule has 0 bridgehead atoms. The summed E-state index contributed by atoms with van der Waals surface area (Å²) in [6, 6.07) is 17.9. The standard InChI is InChI=1S/C23H30N2Si/c1-23(2,3)24-26(4,5)22-14-21(19-12-8-9-13-20(19)22)25-15-17-10-6-7-11-18(17)16-25/h6-14,22,24H,15-16H2,1-5H3. The van der Waals surface area contributed by atoms with Crippen molar-refractivity contribution in [3.63, 3.8) is 0 Å². The average Bonchev–Trinajstić information content (AvgIpc) is 3.14. The molecule has 0 fully saturated rings. The summed E-state index contributed by atoms with van der Waals surface area (Å²) in [5.74, 6) is 0. The van der Waals surface area contributed by atoms with E-state index in [0.717, 1.165) is 13.1 Å². The Labute approximate surface area is 159 Å². The Morgan fingerprint density at radius 3 is 2.12 bits per heavy atom. The Bertz CT molecular complexity index is 836. The van der Waals surface area contributed by atoms with E-state index in [1.807, 2.05) is 0 Å². The predicted octanol–water partition coefficient (Wildman–Crippen LogP) is 5.27. The summed E-state index contributed by atoms with van der Waals surface area (Å²) in [6.45, 7) is 13.8. The molecule has 0 saturated heterocycles. The second kappa shape index (κ2) is 6.10. The molecule has 3 heteroatoms. The lowest BCUT2D eigenvalue weighted by molar-refractivity contribution is 0.423. The molecule has 0 aromatic heterocycles. The lowest BCUT2D eigenvalue weighted by atomic mass is 10.1. The quantitative estimate of drug-likeness (QED) is 0.748. The van der Waals surface area contributed by atoms with Crippen molar-refractivity contribution < 1.29 is 0 Å². The van der Waals surface area contributed by atoms with Gasteiger partial charge in [-0.3, -0.25) is 0 Å². The Balaban J connectivity index is 1.70. The lowest BCUT2D eigenvalue weighted by Gasteiger charge is -2.37. The van der Waals surface area contributed by atoms with E-state index in [1.54, 1.807) is 0 Å². The van der Waals surface area contributed by atoms with Gasteiger partial charge in [0.05, 0.1) is 0 Å². The molecule has 0 spiro atoms. The first-order valence-electron chi connectivity index (χ1n) is 9.67. The van der Waals surface area contributed by atoms with Gasteiger partial charge in [0.15, 0.2) is 0 Å². The molecule has 2 aromatic rings. The summed E-state index contributed by atoms with van der Waals surface area (Å²) in [5.41, 5.74) is 7.96. The highest BCUT2D eigenvalue weighted by molar-refractivity contribution is 6.77. The molecular weight excluding hydrogens is 332 g/mol. The largest absolute Gasteiger partial charge is 0.363 e. The van der Waals surface area contributed by atoms with Crippen LogP contribution in [0.2, 0.25) is 13.1 Å². The van der Waals surface area contributed by atoms with Crippen LogP contribution in [0, 0.1) is 0 Å². The van der Waals surface area contributed by atoms with E-state index < -0.39 is 8.24 Å². The van der Waals surface area contributed by atoms with Crippen LogP contribution in [0.25, 0.3) is 5.70 Å². The van der Waals surface area contributed by atoms with Crippen LogP contribution in [0.15, 0.2) is 54.6 Å². The van der Waals surface area contributed by atoms with Crippen LogP contribution in [0.4, 0.5) is 0 Å². The van der Waals surface area contributed by atoms with Crippen molar-refractivity contribution in [3.05, 3.63) is 76.9 Å². The van der Waals surface area contributed by atoms with Gasteiger partial charge in [0.2, 0.25) is 0 Å². The second-order valence-electron chi connectivity index (χ2n) is 9.34. The van der Waals surface area contributed by atoms with Crippen LogP contribution in [0.3, 0.4) is 0 Å². The number of rotatable bonds is 3. The van der Waals surface area contributed by atoms with Crippen molar-refractivity contribution >= 4 is 13.9 Å². The van der Waals surface area contributed by atoms with Crippen molar-refractivity contribution in [2.24, 2.45) is 0 Å². The van der Waals surface area contributed by atoms with E-state index >= 15 is 0 Å². The zero-order valence-electron chi connectivity index (χ0n) is 16.6. The van der Waals surface area contributed by atoms with Crippen LogP contribution in [0.5, 0.6) is 0 Å². The maximum atomic E-state index is 3.98. The van der Waals surface area contributed by atoms with Crippen molar-refractivity contribution in [3.8, 4) is 0 Å². The van der Waals surface area contributed by atoms with E-state index in [9.17, 15) is 0 Å². The van der Waals surface area contributed by atoms with Gasteiger partial charge in [-0.05, 0) is 37.5 Å². The number of hydrogen-bond acceptors (Lipinski definition) is 2. The van der Waals surface area contributed by atoms with Crippen LogP contribution >= 0.6 is 0 Å². The lowest BCUT2D eigenvalue weighted by Crippen LogP contribution is -2.57. The highest BCUT2D eigenvalue weighted by Crippen LogP contribution is 2.44. The summed E-state index contributed by atoms with van der Waals surface area (Å²) in [4.78, 5) is 6.54. The molecule has 1 N–H and O–H groups in total. The van der Waals surface area contributed by atoms with Crippen LogP contribution < -0.4 is 4.98 Å². The summed E-state index contributed by atoms with van der Waals surface area (Å²) in [7, 11) is -1.68. The van der Waals surface area contributed by atoms with E-state index in [1.165, 1.54) is 28.0 Å². The summed E-state index contributed by atoms with van der Waals surface area (Å²) < 4.78 is 0. The van der Waals surface area contributed by atoms with Gasteiger partial charge in [-0.1, -0.05) is 67.7 Å². The first-order valence-corrected chi connectivity index (χ1v) is 12.7. The van der Waals surface area contributed by atoms with E-state index in [0.29, 0.717) is 5.54 Å². The Hall–Kier alpha value is -1.84. The molecule has 26 heavy (non-hydrogen) atoms. The molecule has 1 heterocycles. The number of hydrogen-bond donors (Lipinski definition) is 1. The SMILES string of the molecule is CC(C)(C)N[Si](C)(C)C1C=C(N2Cc3ccccc3C2)c2ccccc21. The van der Waals surface area contributed by atoms with Gasteiger partial charge in [-0.25, -0.2) is 0 Å². The van der Waals surface area contributed by atoms with Gasteiger partial charge in [0, 0.05) is 35.4 Å². The molecule has 136 valence electrons. The van der Waals surface area contributed by atoms with Gasteiger partial charge < -0.3 is 9.88 Å². The van der Waals surface area contributed by atoms with Gasteiger partial charge in [0.25, 0.3) is 0 Å². The van der Waals surface area contributed by atoms with E-state index in [-0.39, 0.29) is 5.54 Å². The number of nitrogens with one attached hydrogen (secondary N) is 1. The number of benzene rings is 2. The third-order valence-corrected chi connectivity index (χ3v) is 8.98. The summed E-state index contributed by atoms with van der Waals surface area (Å²) >= 11 is 0.